The summed E-state index contributed by atoms with van der Waals surface area (Å²) in [5.41, 5.74) is 5.81. The molecule has 1 aliphatic rings. The van der Waals surface area contributed by atoms with Crippen molar-refractivity contribution in [3.8, 4) is 0 Å². The van der Waals surface area contributed by atoms with Crippen LogP contribution in [0.1, 0.15) is 73.2 Å². The molecule has 4 nitrogen and oxygen atoms in total. The average Bonchev–Trinajstić information content (AvgIpc) is 3.76. The molecule has 1 atom stereocenters. The predicted octanol–water partition coefficient (Wildman–Crippen LogP) is 8.55. The number of halogens is 1. The van der Waals surface area contributed by atoms with Crippen LogP contribution in [0.3, 0.4) is 0 Å². The number of nitrogens with zero attached hydrogens (tertiary/aromatic N) is 1. The van der Waals surface area contributed by atoms with Gasteiger partial charge in [0.15, 0.2) is 0 Å². The molecule has 1 fully saturated rings. The SMILES string of the molecule is CC(=O)O.CC(C)(O)c1ccccc1CCC(SCC1CC1)c1cccc(/C=C/c2ccc3ccc(Cl)cc3n2)c1.[NaH]. The van der Waals surface area contributed by atoms with E-state index in [2.05, 4.69) is 72.4 Å². The van der Waals surface area contributed by atoms with Crippen molar-refractivity contribution < 1.29 is 15.0 Å². The Kier molecular flexibility index (Phi) is 13.2. The summed E-state index contributed by atoms with van der Waals surface area (Å²) in [7, 11) is 0. The number of rotatable bonds is 10. The first-order valence-electron chi connectivity index (χ1n) is 14.0. The molecule has 216 valence electrons. The summed E-state index contributed by atoms with van der Waals surface area (Å²) in [4.78, 5) is 13.8. The van der Waals surface area contributed by atoms with Gasteiger partial charge in [0.05, 0.1) is 16.8 Å². The molecule has 5 rings (SSSR count). The van der Waals surface area contributed by atoms with Gasteiger partial charge < -0.3 is 10.2 Å². The summed E-state index contributed by atoms with van der Waals surface area (Å²) in [6.45, 7) is 4.83. The Morgan fingerprint density at radius 3 is 2.48 bits per heavy atom. The Labute approximate surface area is 280 Å². The van der Waals surface area contributed by atoms with Crippen LogP contribution in [0.25, 0.3) is 23.1 Å². The van der Waals surface area contributed by atoms with Gasteiger partial charge in [0, 0.05) is 22.6 Å². The number of benzene rings is 3. The third-order valence-electron chi connectivity index (χ3n) is 6.99. The number of aryl methyl sites for hydroxylation is 1. The summed E-state index contributed by atoms with van der Waals surface area (Å²) >= 11 is 8.26. The summed E-state index contributed by atoms with van der Waals surface area (Å²) < 4.78 is 0. The molecule has 0 aliphatic heterocycles. The van der Waals surface area contributed by atoms with Crippen molar-refractivity contribution in [2.75, 3.05) is 5.75 Å². The zero-order valence-electron chi connectivity index (χ0n) is 23.9. The minimum absolute atomic E-state index is 0. The van der Waals surface area contributed by atoms with E-state index in [1.165, 1.54) is 35.3 Å². The number of hydrogen-bond acceptors (Lipinski definition) is 4. The standard InChI is InChI=1S/C33H34ClNOS.C2H4O2.Na.H/c1-33(2,36)30-9-4-3-7-25(30)15-19-32(37-22-24-10-11-24)27-8-5-6-23(20-27)12-17-29-18-14-26-13-16-28(34)21-31(26)35-29;1-2(3)4;;/h3-9,12-14,16-18,20-21,24,32,36H,10-11,15,19,22H2,1-2H3;1H3,(H,3,4);;/b17-12+;;;. The van der Waals surface area contributed by atoms with Crippen LogP contribution in [0.15, 0.2) is 78.9 Å². The Morgan fingerprint density at radius 2 is 1.76 bits per heavy atom. The van der Waals surface area contributed by atoms with Crippen molar-refractivity contribution in [3.05, 3.63) is 112 Å². The Hall–Kier alpha value is -2.12. The summed E-state index contributed by atoms with van der Waals surface area (Å²) in [5, 5.41) is 20.3. The molecule has 1 saturated carbocycles. The molecular weight excluding hydrogens is 573 g/mol. The van der Waals surface area contributed by atoms with Gasteiger partial charge in [-0.15, -0.1) is 0 Å². The number of pyridine rings is 1. The number of hydrogen-bond donors (Lipinski definition) is 2. The molecule has 1 unspecified atom stereocenters. The van der Waals surface area contributed by atoms with Gasteiger partial charge in [-0.3, -0.25) is 4.79 Å². The van der Waals surface area contributed by atoms with Crippen LogP contribution in [0.2, 0.25) is 5.02 Å². The second-order valence-corrected chi connectivity index (χ2v) is 12.8. The molecule has 0 radical (unpaired) electrons. The van der Waals surface area contributed by atoms with Gasteiger partial charge in [-0.25, -0.2) is 4.98 Å². The molecule has 42 heavy (non-hydrogen) atoms. The van der Waals surface area contributed by atoms with E-state index in [1.807, 2.05) is 44.2 Å². The van der Waals surface area contributed by atoms with E-state index in [1.54, 1.807) is 0 Å². The van der Waals surface area contributed by atoms with Crippen molar-refractivity contribution in [3.63, 3.8) is 0 Å². The fourth-order valence-electron chi connectivity index (χ4n) is 4.75. The minimum atomic E-state index is -0.833. The summed E-state index contributed by atoms with van der Waals surface area (Å²) in [5.74, 6) is 1.27. The summed E-state index contributed by atoms with van der Waals surface area (Å²) in [6.07, 6.45) is 8.96. The quantitative estimate of drug-likeness (QED) is 0.176. The Balaban J connectivity index is 0.000000911. The van der Waals surface area contributed by atoms with Crippen molar-refractivity contribution in [2.24, 2.45) is 5.92 Å². The van der Waals surface area contributed by atoms with E-state index in [4.69, 9.17) is 26.5 Å². The zero-order valence-corrected chi connectivity index (χ0v) is 25.5. The molecule has 1 aromatic heterocycles. The molecule has 2 N–H and O–H groups in total. The number of fused-ring (bicyclic) bond motifs is 1. The van der Waals surface area contributed by atoms with Crippen molar-refractivity contribution in [1.29, 1.82) is 0 Å². The van der Waals surface area contributed by atoms with Crippen LogP contribution in [-0.4, -0.2) is 56.5 Å². The molecule has 0 bridgehead atoms. The van der Waals surface area contributed by atoms with Gasteiger partial charge in [0.25, 0.3) is 5.97 Å². The zero-order chi connectivity index (χ0) is 29.4. The van der Waals surface area contributed by atoms with Gasteiger partial charge in [0.2, 0.25) is 0 Å². The van der Waals surface area contributed by atoms with Gasteiger partial charge in [-0.05, 0) is 97.7 Å². The van der Waals surface area contributed by atoms with Gasteiger partial charge in [-0.1, -0.05) is 78.3 Å². The topological polar surface area (TPSA) is 70.4 Å². The van der Waals surface area contributed by atoms with Crippen LogP contribution in [-0.2, 0) is 16.8 Å². The fourth-order valence-corrected chi connectivity index (χ4v) is 6.38. The van der Waals surface area contributed by atoms with Crippen LogP contribution in [0.5, 0.6) is 0 Å². The molecule has 1 heterocycles. The van der Waals surface area contributed by atoms with E-state index < -0.39 is 11.6 Å². The number of carboxylic acids is 1. The van der Waals surface area contributed by atoms with E-state index in [0.717, 1.165) is 47.8 Å². The maximum absolute atomic E-state index is 10.7. The molecule has 3 aromatic carbocycles. The van der Waals surface area contributed by atoms with E-state index in [0.29, 0.717) is 10.3 Å². The number of aliphatic hydroxyl groups is 1. The molecule has 0 spiro atoms. The number of thioether (sulfide) groups is 1. The summed E-state index contributed by atoms with van der Waals surface area (Å²) in [6, 6.07) is 27.2. The van der Waals surface area contributed by atoms with Gasteiger partial charge in [0.1, 0.15) is 0 Å². The van der Waals surface area contributed by atoms with E-state index in [-0.39, 0.29) is 29.6 Å². The molecule has 0 saturated heterocycles. The van der Waals surface area contributed by atoms with Crippen molar-refractivity contribution in [2.45, 2.75) is 57.3 Å². The Morgan fingerprint density at radius 1 is 1.05 bits per heavy atom. The van der Waals surface area contributed by atoms with Gasteiger partial charge >= 0.3 is 29.6 Å². The third kappa shape index (κ3) is 10.9. The first kappa shape index (κ1) is 34.4. The van der Waals surface area contributed by atoms with E-state index >= 15 is 0 Å². The first-order valence-corrected chi connectivity index (χ1v) is 15.5. The number of aliphatic carboxylic acids is 1. The second kappa shape index (κ2) is 16.1. The molecule has 0 amide bonds. The van der Waals surface area contributed by atoms with Crippen LogP contribution >= 0.6 is 23.4 Å². The van der Waals surface area contributed by atoms with Crippen LogP contribution in [0.4, 0.5) is 0 Å². The maximum atomic E-state index is 10.7. The van der Waals surface area contributed by atoms with E-state index in [9.17, 15) is 5.11 Å². The number of carbonyl (C=O) groups is 1. The molecule has 1 aliphatic carbocycles. The fraction of sp³-hybridized carbons (Fsp3) is 0.314. The average molecular weight is 612 g/mol. The third-order valence-corrected chi connectivity index (χ3v) is 8.80. The molecule has 4 aromatic rings. The second-order valence-electron chi connectivity index (χ2n) is 11.1. The first-order chi connectivity index (χ1) is 19.6. The molecule has 7 heteroatoms. The van der Waals surface area contributed by atoms with Crippen molar-refractivity contribution >= 4 is 81.9 Å². The number of carboxylic acid groups (broad SMARTS) is 1. The Bertz CT molecular complexity index is 1510. The van der Waals surface area contributed by atoms with Crippen LogP contribution < -0.4 is 0 Å². The number of aromatic nitrogens is 1. The van der Waals surface area contributed by atoms with Crippen LogP contribution in [0, 0.1) is 5.92 Å². The van der Waals surface area contributed by atoms with Crippen molar-refractivity contribution in [1.82, 2.24) is 4.98 Å². The normalized spacial score (nSPS) is 13.7. The predicted molar refractivity (Wildman–Crippen MR) is 181 cm³/mol. The monoisotopic (exact) mass is 611 g/mol. The van der Waals surface area contributed by atoms with Gasteiger partial charge in [-0.2, -0.15) is 11.8 Å². The molecular formula is C35H39ClNNaO3S.